The van der Waals surface area contributed by atoms with Gasteiger partial charge in [-0.3, -0.25) is 30.2 Å². The molecule has 7 nitrogen and oxygen atoms in total. The van der Waals surface area contributed by atoms with Crippen LogP contribution in [0.5, 0.6) is 0 Å². The van der Waals surface area contributed by atoms with Gasteiger partial charge in [0.2, 0.25) is 0 Å². The normalized spacial score (nSPS) is 11.5. The van der Waals surface area contributed by atoms with Crippen LogP contribution in [0.25, 0.3) is 0 Å². The van der Waals surface area contributed by atoms with Gasteiger partial charge in [0, 0.05) is 23.5 Å². The molecule has 0 radical (unpaired) electrons. The van der Waals surface area contributed by atoms with Crippen molar-refractivity contribution in [3.63, 3.8) is 0 Å². The number of halogens is 1. The molecule has 0 bridgehead atoms. The molecule has 2 aromatic rings. The van der Waals surface area contributed by atoms with Crippen molar-refractivity contribution >= 4 is 17.7 Å². The number of nitrogens with zero attached hydrogens (tertiary/aromatic N) is 1. The zero-order valence-electron chi connectivity index (χ0n) is 14.3. The number of aromatic nitrogens is 1. The zero-order chi connectivity index (χ0) is 19.1. The Morgan fingerprint density at radius 2 is 1.46 bits per heavy atom. The highest BCUT2D eigenvalue weighted by Gasteiger charge is 2.25. The first kappa shape index (κ1) is 19.0. The second-order valence-electron chi connectivity index (χ2n) is 5.88. The molecular weight excluding hydrogens is 339 g/mol. The van der Waals surface area contributed by atoms with Crippen LogP contribution < -0.4 is 16.2 Å². The highest BCUT2D eigenvalue weighted by Crippen LogP contribution is 2.06. The summed E-state index contributed by atoms with van der Waals surface area (Å²) in [5.41, 5.74) is 5.14. The van der Waals surface area contributed by atoms with Crippen molar-refractivity contribution in [1.82, 2.24) is 21.2 Å². The Labute approximate surface area is 150 Å². The van der Waals surface area contributed by atoms with Gasteiger partial charge in [0.1, 0.15) is 11.9 Å². The van der Waals surface area contributed by atoms with Gasteiger partial charge in [0.25, 0.3) is 17.7 Å². The Morgan fingerprint density at radius 1 is 0.885 bits per heavy atom. The summed E-state index contributed by atoms with van der Waals surface area (Å²) in [7, 11) is 0. The second-order valence-corrected chi connectivity index (χ2v) is 5.88. The number of amides is 3. The van der Waals surface area contributed by atoms with Crippen molar-refractivity contribution in [1.29, 1.82) is 0 Å². The van der Waals surface area contributed by atoms with E-state index < -0.39 is 29.6 Å². The lowest BCUT2D eigenvalue weighted by Gasteiger charge is -2.22. The Bertz CT molecular complexity index is 779. The van der Waals surface area contributed by atoms with Gasteiger partial charge in [-0.25, -0.2) is 4.39 Å². The van der Waals surface area contributed by atoms with E-state index in [2.05, 4.69) is 21.2 Å². The van der Waals surface area contributed by atoms with Crippen LogP contribution in [-0.2, 0) is 4.79 Å². The number of hydrazine groups is 1. The summed E-state index contributed by atoms with van der Waals surface area (Å²) in [6, 6.07) is 7.08. The molecule has 0 aliphatic heterocycles. The maximum atomic E-state index is 12.9. The van der Waals surface area contributed by atoms with E-state index in [0.29, 0.717) is 5.56 Å². The summed E-state index contributed by atoms with van der Waals surface area (Å²) in [4.78, 5) is 40.3. The summed E-state index contributed by atoms with van der Waals surface area (Å²) in [6.07, 6.45) is 2.91. The van der Waals surface area contributed by atoms with Crippen LogP contribution in [0, 0.1) is 11.7 Å². The first-order chi connectivity index (χ1) is 12.4. The van der Waals surface area contributed by atoms with Gasteiger partial charge in [-0.2, -0.15) is 0 Å². The van der Waals surface area contributed by atoms with Crippen molar-refractivity contribution < 1.29 is 18.8 Å². The smallest absolute Gasteiger partial charge is 0.269 e. The molecule has 0 aliphatic carbocycles. The molecule has 1 aromatic carbocycles. The minimum Gasteiger partial charge on any atom is -0.340 e. The highest BCUT2D eigenvalue weighted by atomic mass is 19.1. The van der Waals surface area contributed by atoms with Gasteiger partial charge in [-0.1, -0.05) is 13.8 Å². The summed E-state index contributed by atoms with van der Waals surface area (Å²) in [5.74, 6) is -2.29. The van der Waals surface area contributed by atoms with Crippen LogP contribution >= 0.6 is 0 Å². The lowest BCUT2D eigenvalue weighted by Crippen LogP contribution is -2.54. The minimum absolute atomic E-state index is 0.227. The number of rotatable bonds is 5. The number of nitrogens with one attached hydrogen (secondary N) is 3. The number of carbonyl (C=O) groups is 3. The Balaban J connectivity index is 1.97. The second kappa shape index (κ2) is 8.70. The topological polar surface area (TPSA) is 100 Å². The fourth-order valence-corrected chi connectivity index (χ4v) is 2.13. The molecule has 26 heavy (non-hydrogen) atoms. The molecule has 0 saturated carbocycles. The van der Waals surface area contributed by atoms with Crippen molar-refractivity contribution in [2.45, 2.75) is 19.9 Å². The van der Waals surface area contributed by atoms with Gasteiger partial charge in [-0.05, 0) is 42.3 Å². The molecule has 136 valence electrons. The van der Waals surface area contributed by atoms with Crippen molar-refractivity contribution in [2.24, 2.45) is 5.92 Å². The number of benzene rings is 1. The van der Waals surface area contributed by atoms with Gasteiger partial charge in [0.05, 0.1) is 0 Å². The lowest BCUT2D eigenvalue weighted by molar-refractivity contribution is -0.124. The summed E-state index contributed by atoms with van der Waals surface area (Å²) < 4.78 is 12.9. The van der Waals surface area contributed by atoms with Gasteiger partial charge >= 0.3 is 0 Å². The average Bonchev–Trinajstić information content (AvgIpc) is 2.64. The maximum Gasteiger partial charge on any atom is 0.269 e. The Kier molecular flexibility index (Phi) is 6.37. The third-order valence-electron chi connectivity index (χ3n) is 3.58. The molecule has 0 saturated heterocycles. The molecule has 0 spiro atoms. The summed E-state index contributed by atoms with van der Waals surface area (Å²) >= 11 is 0. The van der Waals surface area contributed by atoms with Crippen LogP contribution in [-0.4, -0.2) is 28.7 Å². The van der Waals surface area contributed by atoms with Crippen LogP contribution in [0.3, 0.4) is 0 Å². The summed E-state index contributed by atoms with van der Waals surface area (Å²) in [6.45, 7) is 3.50. The van der Waals surface area contributed by atoms with Gasteiger partial charge in [0.15, 0.2) is 0 Å². The van der Waals surface area contributed by atoms with Gasteiger partial charge in [-0.15, -0.1) is 0 Å². The van der Waals surface area contributed by atoms with E-state index in [9.17, 15) is 18.8 Å². The van der Waals surface area contributed by atoms with E-state index >= 15 is 0 Å². The first-order valence-corrected chi connectivity index (χ1v) is 7.95. The molecule has 3 amide bonds. The van der Waals surface area contributed by atoms with E-state index in [-0.39, 0.29) is 11.5 Å². The fraction of sp³-hybridized carbons (Fsp3) is 0.222. The van der Waals surface area contributed by atoms with E-state index in [0.717, 1.165) is 12.1 Å². The van der Waals surface area contributed by atoms with Gasteiger partial charge < -0.3 is 5.32 Å². The molecule has 3 N–H and O–H groups in total. The number of pyridine rings is 1. The van der Waals surface area contributed by atoms with Crippen LogP contribution in [0.15, 0.2) is 48.8 Å². The van der Waals surface area contributed by atoms with E-state index in [1.54, 1.807) is 13.8 Å². The predicted octanol–water partition coefficient (Wildman–Crippen LogP) is 1.44. The number of hydrogen-bond acceptors (Lipinski definition) is 4. The van der Waals surface area contributed by atoms with Crippen molar-refractivity contribution in [3.05, 3.63) is 65.7 Å². The molecule has 1 aromatic heterocycles. The average molecular weight is 358 g/mol. The van der Waals surface area contributed by atoms with E-state index in [1.807, 2.05) is 0 Å². The zero-order valence-corrected chi connectivity index (χ0v) is 14.3. The van der Waals surface area contributed by atoms with Crippen LogP contribution in [0.1, 0.15) is 34.6 Å². The third kappa shape index (κ3) is 5.10. The summed E-state index contributed by atoms with van der Waals surface area (Å²) in [5, 5.41) is 2.58. The molecule has 0 fully saturated rings. The molecule has 8 heteroatoms. The van der Waals surface area contributed by atoms with Crippen LogP contribution in [0.4, 0.5) is 4.39 Å². The molecule has 2 rings (SSSR count). The Morgan fingerprint density at radius 3 is 2.04 bits per heavy atom. The third-order valence-corrected chi connectivity index (χ3v) is 3.58. The largest absolute Gasteiger partial charge is 0.340 e. The first-order valence-electron chi connectivity index (χ1n) is 7.95. The van der Waals surface area contributed by atoms with Crippen molar-refractivity contribution in [2.75, 3.05) is 0 Å². The predicted molar refractivity (Wildman–Crippen MR) is 92.3 cm³/mol. The minimum atomic E-state index is -0.884. The van der Waals surface area contributed by atoms with Crippen LogP contribution in [0.2, 0.25) is 0 Å². The molecule has 1 atom stereocenters. The highest BCUT2D eigenvalue weighted by molar-refractivity contribution is 5.99. The SMILES string of the molecule is CC(C)[C@@H](NC(=O)c1ccc(F)cc1)C(=O)NNC(=O)c1ccncc1. The maximum absolute atomic E-state index is 12.9. The van der Waals surface area contributed by atoms with E-state index in [4.69, 9.17) is 0 Å². The van der Waals surface area contributed by atoms with Crippen molar-refractivity contribution in [3.8, 4) is 0 Å². The molecule has 0 aliphatic rings. The number of carbonyl (C=O) groups excluding carboxylic acids is 3. The quantitative estimate of drug-likeness (QED) is 0.704. The lowest BCUT2D eigenvalue weighted by atomic mass is 10.0. The van der Waals surface area contributed by atoms with E-state index in [1.165, 1.54) is 36.7 Å². The standard InChI is InChI=1S/C18H19FN4O3/c1-11(2)15(21-16(24)12-3-5-14(19)6-4-12)18(26)23-22-17(25)13-7-9-20-10-8-13/h3-11,15H,1-2H3,(H,21,24)(H,22,25)(H,23,26)/t15-/m1/s1. The monoisotopic (exact) mass is 358 g/mol. The number of hydrogen-bond donors (Lipinski definition) is 3. The molecule has 1 heterocycles. The fourth-order valence-electron chi connectivity index (χ4n) is 2.13. The molecule has 0 unspecified atom stereocenters. The Hall–Kier alpha value is -3.29. The molecular formula is C18H19FN4O3.